The van der Waals surface area contributed by atoms with Gasteiger partial charge in [-0.2, -0.15) is 0 Å². The first-order valence-electron chi connectivity index (χ1n) is 6.26. The Morgan fingerprint density at radius 1 is 1.56 bits per heavy atom. The number of ether oxygens (including phenoxy) is 1. The van der Waals surface area contributed by atoms with E-state index in [-0.39, 0.29) is 12.0 Å². The molecule has 1 unspecified atom stereocenters. The lowest BCUT2D eigenvalue weighted by Gasteiger charge is -2.21. The van der Waals surface area contributed by atoms with Gasteiger partial charge in [0.1, 0.15) is 5.75 Å². The SMILES string of the molecule is Cc1cccc(OC(C)C(=O)N2CC[C@@H](O)C2)c1. The summed E-state index contributed by atoms with van der Waals surface area (Å²) in [6.45, 7) is 4.76. The number of hydrogen-bond donors (Lipinski definition) is 1. The lowest BCUT2D eigenvalue weighted by Crippen LogP contribution is -2.39. The second kappa shape index (κ2) is 5.40. The molecule has 0 bridgehead atoms. The van der Waals surface area contributed by atoms with Crippen LogP contribution in [0.3, 0.4) is 0 Å². The number of carbonyl (C=O) groups is 1. The maximum Gasteiger partial charge on any atom is 0.263 e. The molecular weight excluding hydrogens is 230 g/mol. The molecule has 1 N–H and O–H groups in total. The topological polar surface area (TPSA) is 49.8 Å². The van der Waals surface area contributed by atoms with Crippen molar-refractivity contribution in [2.45, 2.75) is 32.5 Å². The monoisotopic (exact) mass is 249 g/mol. The summed E-state index contributed by atoms with van der Waals surface area (Å²) in [6.07, 6.45) is -0.250. The van der Waals surface area contributed by atoms with Crippen molar-refractivity contribution in [3.05, 3.63) is 29.8 Å². The van der Waals surface area contributed by atoms with Gasteiger partial charge in [-0.05, 0) is 38.0 Å². The molecule has 0 aliphatic carbocycles. The third-order valence-electron chi connectivity index (χ3n) is 3.13. The fraction of sp³-hybridized carbons (Fsp3) is 0.500. The Kier molecular flexibility index (Phi) is 3.87. The van der Waals surface area contributed by atoms with Gasteiger partial charge in [0.05, 0.1) is 6.10 Å². The molecule has 0 saturated carbocycles. The number of β-amino-alcohol motifs (C(OH)–C–C–N with tert-alkyl or cyclic N) is 1. The van der Waals surface area contributed by atoms with Gasteiger partial charge in [0.25, 0.3) is 5.91 Å². The van der Waals surface area contributed by atoms with Crippen LogP contribution in [0, 0.1) is 6.92 Å². The van der Waals surface area contributed by atoms with Crippen molar-refractivity contribution in [3.8, 4) is 5.75 Å². The number of nitrogens with zero attached hydrogens (tertiary/aromatic N) is 1. The van der Waals surface area contributed by atoms with Crippen LogP contribution in [-0.4, -0.2) is 41.2 Å². The van der Waals surface area contributed by atoms with E-state index >= 15 is 0 Å². The average molecular weight is 249 g/mol. The maximum absolute atomic E-state index is 12.1. The van der Waals surface area contributed by atoms with Gasteiger partial charge in [-0.1, -0.05) is 12.1 Å². The molecule has 18 heavy (non-hydrogen) atoms. The van der Waals surface area contributed by atoms with E-state index in [1.165, 1.54) is 0 Å². The Labute approximate surface area is 107 Å². The number of aryl methyl sites for hydroxylation is 1. The van der Waals surface area contributed by atoms with Crippen LogP contribution in [0.5, 0.6) is 5.75 Å². The minimum atomic E-state index is -0.517. The second-order valence-electron chi connectivity index (χ2n) is 4.80. The minimum Gasteiger partial charge on any atom is -0.481 e. The van der Waals surface area contributed by atoms with Crippen LogP contribution in [0.2, 0.25) is 0 Å². The summed E-state index contributed by atoms with van der Waals surface area (Å²) in [5.41, 5.74) is 1.10. The van der Waals surface area contributed by atoms with Crippen LogP contribution in [0.4, 0.5) is 0 Å². The Hall–Kier alpha value is -1.55. The van der Waals surface area contributed by atoms with Crippen LogP contribution in [-0.2, 0) is 4.79 Å². The number of likely N-dealkylation sites (tertiary alicyclic amines) is 1. The van der Waals surface area contributed by atoms with Crippen LogP contribution in [0.1, 0.15) is 18.9 Å². The average Bonchev–Trinajstić information content (AvgIpc) is 2.75. The predicted molar refractivity (Wildman–Crippen MR) is 68.5 cm³/mol. The Morgan fingerprint density at radius 2 is 2.33 bits per heavy atom. The molecule has 1 aliphatic heterocycles. The maximum atomic E-state index is 12.1. The molecule has 4 heteroatoms. The van der Waals surface area contributed by atoms with Crippen LogP contribution in [0.15, 0.2) is 24.3 Å². The molecule has 1 aromatic rings. The summed E-state index contributed by atoms with van der Waals surface area (Å²) in [7, 11) is 0. The molecule has 0 aromatic heterocycles. The highest BCUT2D eigenvalue weighted by Gasteiger charge is 2.28. The van der Waals surface area contributed by atoms with E-state index in [1.54, 1.807) is 11.8 Å². The molecule has 2 rings (SSSR count). The van der Waals surface area contributed by atoms with Gasteiger partial charge in [-0.15, -0.1) is 0 Å². The van der Waals surface area contributed by atoms with Gasteiger partial charge >= 0.3 is 0 Å². The number of amides is 1. The zero-order valence-corrected chi connectivity index (χ0v) is 10.8. The van der Waals surface area contributed by atoms with Crippen molar-refractivity contribution in [2.24, 2.45) is 0 Å². The number of hydrogen-bond acceptors (Lipinski definition) is 3. The quantitative estimate of drug-likeness (QED) is 0.880. The van der Waals surface area contributed by atoms with Crippen molar-refractivity contribution in [1.29, 1.82) is 0 Å². The third-order valence-corrected chi connectivity index (χ3v) is 3.13. The highest BCUT2D eigenvalue weighted by molar-refractivity contribution is 5.81. The summed E-state index contributed by atoms with van der Waals surface area (Å²) >= 11 is 0. The first-order chi connectivity index (χ1) is 8.56. The molecule has 1 saturated heterocycles. The molecule has 1 fully saturated rings. The van der Waals surface area contributed by atoms with E-state index in [2.05, 4.69) is 0 Å². The molecular formula is C14H19NO3. The number of rotatable bonds is 3. The number of benzene rings is 1. The van der Waals surface area contributed by atoms with Crippen molar-refractivity contribution >= 4 is 5.91 Å². The first kappa shape index (κ1) is 12.9. The molecule has 1 aliphatic rings. The largest absolute Gasteiger partial charge is 0.481 e. The summed E-state index contributed by atoms with van der Waals surface area (Å²) in [4.78, 5) is 13.7. The highest BCUT2D eigenvalue weighted by Crippen LogP contribution is 2.16. The Balaban J connectivity index is 1.95. The summed E-state index contributed by atoms with van der Waals surface area (Å²) in [6, 6.07) is 7.63. The number of aliphatic hydroxyl groups is 1. The molecule has 4 nitrogen and oxygen atoms in total. The van der Waals surface area contributed by atoms with Crippen LogP contribution in [0.25, 0.3) is 0 Å². The predicted octanol–water partition coefficient (Wildman–Crippen LogP) is 1.36. The van der Waals surface area contributed by atoms with E-state index in [0.29, 0.717) is 25.3 Å². The molecule has 98 valence electrons. The molecule has 2 atom stereocenters. The van der Waals surface area contributed by atoms with Crippen molar-refractivity contribution in [1.82, 2.24) is 4.90 Å². The number of carbonyl (C=O) groups excluding carboxylic acids is 1. The fourth-order valence-electron chi connectivity index (χ4n) is 2.14. The molecule has 1 heterocycles. The molecule has 0 radical (unpaired) electrons. The van der Waals surface area contributed by atoms with Gasteiger partial charge in [0, 0.05) is 13.1 Å². The van der Waals surface area contributed by atoms with Crippen molar-refractivity contribution < 1.29 is 14.6 Å². The van der Waals surface area contributed by atoms with Gasteiger partial charge in [0.2, 0.25) is 0 Å². The Bertz CT molecular complexity index is 433. The molecule has 1 amide bonds. The van der Waals surface area contributed by atoms with E-state index in [4.69, 9.17) is 4.74 Å². The Morgan fingerprint density at radius 3 is 2.94 bits per heavy atom. The second-order valence-corrected chi connectivity index (χ2v) is 4.80. The van der Waals surface area contributed by atoms with E-state index < -0.39 is 6.10 Å². The van der Waals surface area contributed by atoms with E-state index in [0.717, 1.165) is 5.56 Å². The number of aliphatic hydroxyl groups excluding tert-OH is 1. The smallest absolute Gasteiger partial charge is 0.263 e. The van der Waals surface area contributed by atoms with Gasteiger partial charge in [-0.3, -0.25) is 4.79 Å². The van der Waals surface area contributed by atoms with Gasteiger partial charge in [0.15, 0.2) is 6.10 Å². The fourth-order valence-corrected chi connectivity index (χ4v) is 2.14. The van der Waals surface area contributed by atoms with Crippen molar-refractivity contribution in [3.63, 3.8) is 0 Å². The summed E-state index contributed by atoms with van der Waals surface area (Å²) < 4.78 is 5.63. The third kappa shape index (κ3) is 3.01. The lowest BCUT2D eigenvalue weighted by atomic mass is 10.2. The zero-order valence-electron chi connectivity index (χ0n) is 10.8. The lowest BCUT2D eigenvalue weighted by molar-refractivity contribution is -0.137. The summed E-state index contributed by atoms with van der Waals surface area (Å²) in [5.74, 6) is 0.642. The van der Waals surface area contributed by atoms with Crippen LogP contribution >= 0.6 is 0 Å². The normalized spacial score (nSPS) is 20.8. The van der Waals surface area contributed by atoms with Crippen molar-refractivity contribution in [2.75, 3.05) is 13.1 Å². The highest BCUT2D eigenvalue weighted by atomic mass is 16.5. The zero-order chi connectivity index (χ0) is 13.1. The van der Waals surface area contributed by atoms with E-state index in [1.807, 2.05) is 31.2 Å². The molecule has 0 spiro atoms. The van der Waals surface area contributed by atoms with Gasteiger partial charge in [-0.25, -0.2) is 0 Å². The standard InChI is InChI=1S/C14H19NO3/c1-10-4-3-5-13(8-10)18-11(2)14(17)15-7-6-12(16)9-15/h3-5,8,11-12,16H,6-7,9H2,1-2H3/t11?,12-/m1/s1. The first-order valence-corrected chi connectivity index (χ1v) is 6.26. The molecule has 1 aromatic carbocycles. The summed E-state index contributed by atoms with van der Waals surface area (Å²) in [5, 5.41) is 9.42. The van der Waals surface area contributed by atoms with Gasteiger partial charge < -0.3 is 14.7 Å². The van der Waals surface area contributed by atoms with Crippen LogP contribution < -0.4 is 4.74 Å². The minimum absolute atomic E-state index is 0.0620. The van der Waals surface area contributed by atoms with E-state index in [9.17, 15) is 9.90 Å².